The van der Waals surface area contributed by atoms with Gasteiger partial charge in [-0.1, -0.05) is 12.1 Å². The molecule has 2 rings (SSSR count). The number of aromatic nitrogens is 1. The van der Waals surface area contributed by atoms with Gasteiger partial charge in [0.05, 0.1) is 11.9 Å². The number of anilines is 1. The van der Waals surface area contributed by atoms with E-state index < -0.39 is 0 Å². The third-order valence-corrected chi connectivity index (χ3v) is 3.39. The molecule has 2 N–H and O–H groups in total. The average Bonchev–Trinajstić information content (AvgIpc) is 2.81. The van der Waals surface area contributed by atoms with Crippen molar-refractivity contribution in [2.45, 2.75) is 13.8 Å². The van der Waals surface area contributed by atoms with Crippen molar-refractivity contribution in [1.82, 2.24) is 9.99 Å². The Morgan fingerprint density at radius 1 is 1.25 bits per heavy atom. The summed E-state index contributed by atoms with van der Waals surface area (Å²) in [5.74, 6) is 0. The summed E-state index contributed by atoms with van der Waals surface area (Å²) in [6.07, 6.45) is 3.70. The molecule has 0 aliphatic carbocycles. The first-order valence-corrected chi connectivity index (χ1v) is 6.76. The fraction of sp³-hybridized carbons (Fsp3) is 0.200. The van der Waals surface area contributed by atoms with Crippen molar-refractivity contribution < 1.29 is 0 Å². The highest BCUT2D eigenvalue weighted by atomic mass is 32.1. The van der Waals surface area contributed by atoms with Gasteiger partial charge in [-0.2, -0.15) is 5.10 Å². The van der Waals surface area contributed by atoms with Gasteiger partial charge in [-0.15, -0.1) is 0 Å². The molecule has 1 aromatic heterocycles. The van der Waals surface area contributed by atoms with E-state index in [-0.39, 0.29) is 0 Å². The first kappa shape index (κ1) is 14.3. The van der Waals surface area contributed by atoms with E-state index in [1.165, 1.54) is 11.1 Å². The molecule has 1 aromatic carbocycles. The van der Waals surface area contributed by atoms with Crippen LogP contribution in [-0.2, 0) is 7.05 Å². The van der Waals surface area contributed by atoms with Gasteiger partial charge in [0, 0.05) is 18.9 Å². The van der Waals surface area contributed by atoms with Crippen LogP contribution in [0.3, 0.4) is 0 Å². The van der Waals surface area contributed by atoms with Gasteiger partial charge in [-0.05, 0) is 55.4 Å². The lowest BCUT2D eigenvalue weighted by Gasteiger charge is -2.11. The SMILES string of the molecule is Cc1cccc(NC(=S)N/N=C/c2cccn2C)c1C. The third kappa shape index (κ3) is 3.45. The fourth-order valence-corrected chi connectivity index (χ4v) is 1.96. The Balaban J connectivity index is 1.95. The van der Waals surface area contributed by atoms with Gasteiger partial charge in [-0.25, -0.2) is 0 Å². The highest BCUT2D eigenvalue weighted by Crippen LogP contribution is 2.17. The number of thiocarbonyl (C=S) groups is 1. The summed E-state index contributed by atoms with van der Waals surface area (Å²) < 4.78 is 1.98. The average molecular weight is 286 g/mol. The maximum atomic E-state index is 5.22. The lowest BCUT2D eigenvalue weighted by atomic mass is 10.1. The molecule has 0 atom stereocenters. The van der Waals surface area contributed by atoms with Crippen LogP contribution in [0.25, 0.3) is 0 Å². The van der Waals surface area contributed by atoms with Crippen LogP contribution < -0.4 is 10.7 Å². The number of aryl methyl sites for hydroxylation is 2. The van der Waals surface area contributed by atoms with Crippen molar-refractivity contribution in [3.05, 3.63) is 53.3 Å². The van der Waals surface area contributed by atoms with Crippen LogP contribution in [0.2, 0.25) is 0 Å². The molecule has 2 aromatic rings. The molecular weight excluding hydrogens is 268 g/mol. The molecule has 104 valence electrons. The molecule has 0 spiro atoms. The highest BCUT2D eigenvalue weighted by Gasteiger charge is 2.02. The van der Waals surface area contributed by atoms with E-state index in [2.05, 4.69) is 35.8 Å². The van der Waals surface area contributed by atoms with Gasteiger partial charge in [-0.3, -0.25) is 5.43 Å². The molecule has 0 saturated heterocycles. The van der Waals surface area contributed by atoms with E-state index >= 15 is 0 Å². The zero-order valence-corrected chi connectivity index (χ0v) is 12.7. The van der Waals surface area contributed by atoms with Gasteiger partial charge in [0.2, 0.25) is 0 Å². The van der Waals surface area contributed by atoms with Gasteiger partial charge < -0.3 is 9.88 Å². The highest BCUT2D eigenvalue weighted by molar-refractivity contribution is 7.80. The second-order valence-corrected chi connectivity index (χ2v) is 5.02. The Morgan fingerprint density at radius 2 is 2.05 bits per heavy atom. The summed E-state index contributed by atoms with van der Waals surface area (Å²) in [6, 6.07) is 10.0. The van der Waals surface area contributed by atoms with E-state index in [1.54, 1.807) is 6.21 Å². The monoisotopic (exact) mass is 286 g/mol. The lowest BCUT2D eigenvalue weighted by molar-refractivity contribution is 0.914. The quantitative estimate of drug-likeness (QED) is 0.518. The Bertz CT molecular complexity index is 643. The molecule has 0 radical (unpaired) electrons. The smallest absolute Gasteiger partial charge is 0.191 e. The zero-order chi connectivity index (χ0) is 14.5. The van der Waals surface area contributed by atoms with Gasteiger partial charge >= 0.3 is 0 Å². The molecule has 4 nitrogen and oxygen atoms in total. The van der Waals surface area contributed by atoms with Crippen molar-refractivity contribution in [1.29, 1.82) is 0 Å². The number of hydrazone groups is 1. The predicted molar refractivity (Wildman–Crippen MR) is 88.3 cm³/mol. The zero-order valence-electron chi connectivity index (χ0n) is 11.8. The van der Waals surface area contributed by atoms with Crippen molar-refractivity contribution in [2.75, 3.05) is 5.32 Å². The van der Waals surface area contributed by atoms with Crippen LogP contribution in [0.4, 0.5) is 5.69 Å². The molecule has 0 aliphatic rings. The van der Waals surface area contributed by atoms with Crippen molar-refractivity contribution in [3.8, 4) is 0 Å². The number of benzene rings is 1. The minimum Gasteiger partial charge on any atom is -0.350 e. The largest absolute Gasteiger partial charge is 0.350 e. The van der Waals surface area contributed by atoms with Crippen molar-refractivity contribution in [2.24, 2.45) is 12.1 Å². The second kappa shape index (κ2) is 6.34. The van der Waals surface area contributed by atoms with E-state index in [9.17, 15) is 0 Å². The molecule has 5 heteroatoms. The van der Waals surface area contributed by atoms with Crippen LogP contribution in [0.1, 0.15) is 16.8 Å². The van der Waals surface area contributed by atoms with E-state index in [4.69, 9.17) is 12.2 Å². The maximum absolute atomic E-state index is 5.22. The first-order valence-electron chi connectivity index (χ1n) is 6.35. The molecule has 0 aliphatic heterocycles. The number of nitrogens with one attached hydrogen (secondary N) is 2. The molecule has 0 saturated carbocycles. The summed E-state index contributed by atoms with van der Waals surface area (Å²) in [5, 5.41) is 7.74. The van der Waals surface area contributed by atoms with Crippen LogP contribution in [-0.4, -0.2) is 15.9 Å². The third-order valence-electron chi connectivity index (χ3n) is 3.20. The molecular formula is C15H18N4S. The Hall–Kier alpha value is -2.14. The molecule has 0 fully saturated rings. The van der Waals surface area contributed by atoms with Crippen LogP contribution in [0.5, 0.6) is 0 Å². The first-order chi connectivity index (χ1) is 9.58. The van der Waals surface area contributed by atoms with E-state index in [1.807, 2.05) is 42.1 Å². The maximum Gasteiger partial charge on any atom is 0.191 e. The summed E-state index contributed by atoms with van der Waals surface area (Å²) in [7, 11) is 1.97. The number of nitrogens with zero attached hydrogens (tertiary/aromatic N) is 2. The van der Waals surface area contributed by atoms with Gasteiger partial charge in [0.15, 0.2) is 5.11 Å². The molecule has 0 bridgehead atoms. The Kier molecular flexibility index (Phi) is 4.53. The molecule has 0 unspecified atom stereocenters. The van der Waals surface area contributed by atoms with Crippen LogP contribution in [0.15, 0.2) is 41.6 Å². The lowest BCUT2D eigenvalue weighted by Crippen LogP contribution is -2.24. The normalized spacial score (nSPS) is 10.8. The topological polar surface area (TPSA) is 41.4 Å². The fourth-order valence-electron chi connectivity index (χ4n) is 1.80. The number of rotatable bonds is 3. The Labute approximate surface area is 124 Å². The number of hydrogen-bond donors (Lipinski definition) is 2. The minimum atomic E-state index is 0.476. The summed E-state index contributed by atoms with van der Waals surface area (Å²) in [6.45, 7) is 4.14. The standard InChI is InChI=1S/C15H18N4S/c1-11-6-4-8-14(12(11)2)17-15(20)18-16-10-13-7-5-9-19(13)3/h4-10H,1-3H3,(H2,17,18,20)/b16-10+. The number of hydrogen-bond acceptors (Lipinski definition) is 2. The van der Waals surface area contributed by atoms with Crippen molar-refractivity contribution >= 4 is 29.2 Å². The second-order valence-electron chi connectivity index (χ2n) is 4.62. The molecule has 20 heavy (non-hydrogen) atoms. The summed E-state index contributed by atoms with van der Waals surface area (Å²) >= 11 is 5.22. The Morgan fingerprint density at radius 3 is 2.75 bits per heavy atom. The van der Waals surface area contributed by atoms with E-state index in [0.29, 0.717) is 5.11 Å². The van der Waals surface area contributed by atoms with Gasteiger partial charge in [0.1, 0.15) is 0 Å². The van der Waals surface area contributed by atoms with Gasteiger partial charge in [0.25, 0.3) is 0 Å². The van der Waals surface area contributed by atoms with E-state index in [0.717, 1.165) is 11.4 Å². The summed E-state index contributed by atoms with van der Waals surface area (Å²) in [5.41, 5.74) is 7.23. The minimum absolute atomic E-state index is 0.476. The van der Waals surface area contributed by atoms with Crippen LogP contribution in [0, 0.1) is 13.8 Å². The molecule has 1 heterocycles. The summed E-state index contributed by atoms with van der Waals surface area (Å²) in [4.78, 5) is 0. The van der Waals surface area contributed by atoms with Crippen LogP contribution >= 0.6 is 12.2 Å². The van der Waals surface area contributed by atoms with Crippen molar-refractivity contribution in [3.63, 3.8) is 0 Å². The predicted octanol–water partition coefficient (Wildman–Crippen LogP) is 2.96. The molecule has 0 amide bonds.